The van der Waals surface area contributed by atoms with Crippen LogP contribution < -0.4 is 9.80 Å². The Labute approximate surface area is 473 Å². The highest BCUT2D eigenvalue weighted by Gasteiger charge is 2.28. The minimum atomic E-state index is 1.05. The van der Waals surface area contributed by atoms with E-state index in [0.717, 1.165) is 64.2 Å². The van der Waals surface area contributed by atoms with Gasteiger partial charge in [-0.1, -0.05) is 204 Å². The minimum absolute atomic E-state index is 1.05. The van der Waals surface area contributed by atoms with Gasteiger partial charge in [0.25, 0.3) is 0 Å². The number of nitrogens with zero attached hydrogens (tertiary/aromatic N) is 2. The molecular formula is C76H96N2. The maximum Gasteiger partial charge on any atom is 0.0620 e. The highest BCUT2D eigenvalue weighted by molar-refractivity contribution is 6.24. The van der Waals surface area contributed by atoms with Gasteiger partial charge in [-0.3, -0.25) is 0 Å². The molecule has 0 aromatic heterocycles. The molecule has 8 rings (SSSR count). The highest BCUT2D eigenvalue weighted by Crippen LogP contribution is 2.53. The van der Waals surface area contributed by atoms with Gasteiger partial charge in [-0.05, 0) is 207 Å². The van der Waals surface area contributed by atoms with Gasteiger partial charge >= 0.3 is 0 Å². The molecule has 0 fully saturated rings. The molecule has 0 bridgehead atoms. The fraction of sp³-hybridized carbons (Fsp3) is 0.421. The summed E-state index contributed by atoms with van der Waals surface area (Å²) in [6.45, 7) is 18.7. The van der Waals surface area contributed by atoms with Gasteiger partial charge in [0, 0.05) is 44.3 Å². The first-order valence-corrected chi connectivity index (χ1v) is 31.5. The number of hydrogen-bond acceptors (Lipinski definition) is 2. The average Bonchev–Trinajstić information content (AvgIpc) is 3.67. The van der Waals surface area contributed by atoms with Crippen LogP contribution in [0, 0.1) is 0 Å². The second-order valence-electron chi connectivity index (χ2n) is 22.9. The Hall–Kier alpha value is -6.12. The first-order valence-electron chi connectivity index (χ1n) is 31.5. The normalized spacial score (nSPS) is 11.5. The van der Waals surface area contributed by atoms with Crippen molar-refractivity contribution in [2.24, 2.45) is 0 Å². The van der Waals surface area contributed by atoms with Crippen LogP contribution >= 0.6 is 0 Å². The molecule has 8 aromatic carbocycles. The van der Waals surface area contributed by atoms with Crippen molar-refractivity contribution >= 4 is 55.7 Å². The third-order valence-corrected chi connectivity index (χ3v) is 16.3. The van der Waals surface area contributed by atoms with Crippen LogP contribution in [0.25, 0.3) is 32.7 Å². The fourth-order valence-corrected chi connectivity index (χ4v) is 11.9. The molecule has 0 aliphatic rings. The van der Waals surface area contributed by atoms with E-state index in [-0.39, 0.29) is 0 Å². The second kappa shape index (κ2) is 29.7. The summed E-state index contributed by atoms with van der Waals surface area (Å²) in [5, 5.41) is 5.12. The lowest BCUT2D eigenvalue weighted by Gasteiger charge is -2.35. The lowest BCUT2D eigenvalue weighted by Crippen LogP contribution is -2.17. The van der Waals surface area contributed by atoms with E-state index in [0.29, 0.717) is 0 Å². The van der Waals surface area contributed by atoms with Gasteiger partial charge in [0.2, 0.25) is 0 Å². The van der Waals surface area contributed by atoms with Crippen LogP contribution in [0.1, 0.15) is 203 Å². The molecule has 2 heteroatoms. The molecule has 0 unspecified atom stereocenters. The number of hydrogen-bond donors (Lipinski definition) is 0. The van der Waals surface area contributed by atoms with Crippen molar-refractivity contribution in [3.63, 3.8) is 0 Å². The largest absolute Gasteiger partial charge is 0.309 e. The molecule has 410 valence electrons. The van der Waals surface area contributed by atoms with Crippen LogP contribution in [-0.4, -0.2) is 0 Å². The quantitative estimate of drug-likeness (QED) is 0.0316. The minimum Gasteiger partial charge on any atom is -0.309 e. The molecule has 8 aromatic rings. The summed E-state index contributed by atoms with van der Waals surface area (Å²) in [4.78, 5) is 5.50. The Morgan fingerprint density at radius 2 is 0.615 bits per heavy atom. The summed E-state index contributed by atoms with van der Waals surface area (Å²) in [7, 11) is 0. The molecule has 0 heterocycles. The third-order valence-electron chi connectivity index (χ3n) is 16.3. The Morgan fingerprint density at radius 1 is 0.256 bits per heavy atom. The highest BCUT2D eigenvalue weighted by atomic mass is 15.2. The number of benzene rings is 8. The van der Waals surface area contributed by atoms with Crippen molar-refractivity contribution in [1.82, 2.24) is 0 Å². The van der Waals surface area contributed by atoms with Gasteiger partial charge in [0.1, 0.15) is 0 Å². The Balaban J connectivity index is 1.57. The van der Waals surface area contributed by atoms with E-state index in [1.807, 2.05) is 0 Å². The predicted molar refractivity (Wildman–Crippen MR) is 345 cm³/mol. The van der Waals surface area contributed by atoms with Crippen molar-refractivity contribution in [3.05, 3.63) is 190 Å². The number of fused-ring (bicyclic) bond motifs is 2. The molecule has 0 radical (unpaired) electrons. The molecule has 0 N–H and O–H groups in total. The van der Waals surface area contributed by atoms with Gasteiger partial charge in [0.15, 0.2) is 0 Å². The smallest absolute Gasteiger partial charge is 0.0620 e. The standard InChI is InChI=1S/C76H96N2/c1-9-17-30-57-42-45-74(66(49-57)37-24-16-8)78(69-54-62(35-22-14-6)48-63(55-69)36-23-15-7)75-70-40-28-29-41-71(70)76(73-56-65(43-44-72(73)75)64-38-26-25-27-39-64)77(67-50-58(31-18-10-2)46-59(51-67)32-19-11-3)68-52-60(33-20-12-4)47-61(53-68)34-21-13-5/h25-29,38-56H,9-24,30-37H2,1-8H3. The molecule has 78 heavy (non-hydrogen) atoms. The van der Waals surface area contributed by atoms with E-state index in [1.54, 1.807) is 0 Å². The molecule has 0 spiro atoms. The van der Waals surface area contributed by atoms with Crippen molar-refractivity contribution in [2.75, 3.05) is 9.80 Å². The first-order chi connectivity index (χ1) is 38.3. The Kier molecular flexibility index (Phi) is 22.1. The van der Waals surface area contributed by atoms with E-state index in [2.05, 4.69) is 211 Å². The van der Waals surface area contributed by atoms with Gasteiger partial charge < -0.3 is 9.80 Å². The average molecular weight is 1040 g/mol. The van der Waals surface area contributed by atoms with E-state index in [9.17, 15) is 0 Å². The number of unbranched alkanes of at least 4 members (excludes halogenated alkanes) is 8. The zero-order valence-electron chi connectivity index (χ0n) is 49.7. The van der Waals surface area contributed by atoms with Crippen molar-refractivity contribution in [1.29, 1.82) is 0 Å². The monoisotopic (exact) mass is 1040 g/mol. The van der Waals surface area contributed by atoms with E-state index in [1.165, 1.54) is 201 Å². The molecule has 0 amide bonds. The molecule has 0 saturated carbocycles. The summed E-state index contributed by atoms with van der Waals surface area (Å²) in [6.07, 6.45) is 27.5. The van der Waals surface area contributed by atoms with Crippen LogP contribution in [0.15, 0.2) is 146 Å². The Bertz CT molecular complexity index is 3000. The van der Waals surface area contributed by atoms with E-state index >= 15 is 0 Å². The van der Waals surface area contributed by atoms with Crippen LogP contribution in [0.2, 0.25) is 0 Å². The molecule has 0 aliphatic carbocycles. The van der Waals surface area contributed by atoms with Crippen molar-refractivity contribution in [3.8, 4) is 11.1 Å². The SMILES string of the molecule is CCCCc1cc(CCCC)cc(N(c2cc(CCCC)cc(CCCC)c2)c2c3ccccc3c(N(c3cc(CCCC)cc(CCCC)c3)c3ccc(CCCC)cc3CCCC)c3ccc(-c4ccccc4)cc23)c1. The summed E-state index contributed by atoms with van der Waals surface area (Å²) < 4.78 is 0. The predicted octanol–water partition coefficient (Wildman–Crippen LogP) is 23.3. The zero-order chi connectivity index (χ0) is 54.6. The number of aryl methyl sites for hydroxylation is 8. The van der Waals surface area contributed by atoms with E-state index in [4.69, 9.17) is 0 Å². The van der Waals surface area contributed by atoms with Gasteiger partial charge in [0.05, 0.1) is 11.4 Å². The summed E-state index contributed by atoms with van der Waals surface area (Å²) in [6, 6.07) is 58.7. The molecule has 0 atom stereocenters. The zero-order valence-corrected chi connectivity index (χ0v) is 49.7. The van der Waals surface area contributed by atoms with Crippen LogP contribution in [-0.2, 0) is 51.4 Å². The molecule has 0 aliphatic heterocycles. The lowest BCUT2D eigenvalue weighted by atomic mass is 9.91. The molecule has 2 nitrogen and oxygen atoms in total. The molecular weight excluding hydrogens is 941 g/mol. The summed E-state index contributed by atoms with van der Waals surface area (Å²) in [5.41, 5.74) is 21.8. The topological polar surface area (TPSA) is 6.48 Å². The van der Waals surface area contributed by atoms with Crippen LogP contribution in [0.3, 0.4) is 0 Å². The first kappa shape index (κ1) is 58.0. The number of anilines is 6. The number of rotatable bonds is 31. The lowest BCUT2D eigenvalue weighted by molar-refractivity contribution is 0.778. The van der Waals surface area contributed by atoms with E-state index < -0.39 is 0 Å². The Morgan fingerprint density at radius 3 is 1.04 bits per heavy atom. The molecule has 0 saturated heterocycles. The van der Waals surface area contributed by atoms with Gasteiger partial charge in [-0.2, -0.15) is 0 Å². The van der Waals surface area contributed by atoms with Crippen molar-refractivity contribution in [2.45, 2.75) is 209 Å². The maximum atomic E-state index is 2.75. The third kappa shape index (κ3) is 14.6. The second-order valence-corrected chi connectivity index (χ2v) is 22.9. The summed E-state index contributed by atoms with van der Waals surface area (Å²) in [5.74, 6) is 0. The fourth-order valence-electron chi connectivity index (χ4n) is 11.9. The van der Waals surface area contributed by atoms with Crippen LogP contribution in [0.5, 0.6) is 0 Å². The maximum absolute atomic E-state index is 2.75. The van der Waals surface area contributed by atoms with Crippen LogP contribution in [0.4, 0.5) is 34.1 Å². The van der Waals surface area contributed by atoms with Gasteiger partial charge in [-0.25, -0.2) is 0 Å². The summed E-state index contributed by atoms with van der Waals surface area (Å²) >= 11 is 0. The van der Waals surface area contributed by atoms with Crippen molar-refractivity contribution < 1.29 is 0 Å². The van der Waals surface area contributed by atoms with Gasteiger partial charge in [-0.15, -0.1) is 0 Å².